The lowest BCUT2D eigenvalue weighted by molar-refractivity contribution is 0.590. The molecule has 4 nitrogen and oxygen atoms in total. The van der Waals surface area contributed by atoms with Gasteiger partial charge in [0.25, 0.3) is 0 Å². The summed E-state index contributed by atoms with van der Waals surface area (Å²) in [5.41, 5.74) is 4.28. The molecule has 0 spiro atoms. The number of hydrogen-bond donors (Lipinski definition) is 0. The molecule has 24 heavy (non-hydrogen) atoms. The molecule has 0 aliphatic carbocycles. The Balaban J connectivity index is 1.77. The molecule has 0 aliphatic rings. The van der Waals surface area contributed by atoms with Gasteiger partial charge in [-0.25, -0.2) is 9.99 Å². The Bertz CT molecular complexity index is 861. The second-order valence-electron chi connectivity index (χ2n) is 6.86. The summed E-state index contributed by atoms with van der Waals surface area (Å²) in [5.74, 6) is 0.719. The topological polar surface area (TPSA) is 41.4 Å². The minimum Gasteiger partial charge on any atom is -0.251 e. The Hall–Kier alpha value is -2.75. The van der Waals surface area contributed by atoms with Crippen LogP contribution in [0, 0.1) is 0 Å². The first kappa shape index (κ1) is 16.1. The van der Waals surface area contributed by atoms with Gasteiger partial charge in [-0.05, 0) is 28.7 Å². The fourth-order valence-electron chi connectivity index (χ4n) is 2.38. The van der Waals surface area contributed by atoms with Gasteiger partial charge < -0.3 is 0 Å². The SMILES string of the molecule is CN(/N=C\c1ccc(C(C)(C)C)cc1)c1cnc2ccccc2n1. The first-order chi connectivity index (χ1) is 11.4. The average Bonchev–Trinajstić information content (AvgIpc) is 2.59. The molecule has 122 valence electrons. The summed E-state index contributed by atoms with van der Waals surface area (Å²) in [6, 6.07) is 16.3. The van der Waals surface area contributed by atoms with Gasteiger partial charge in [0, 0.05) is 7.05 Å². The van der Waals surface area contributed by atoms with E-state index in [1.54, 1.807) is 11.2 Å². The number of rotatable bonds is 3. The predicted octanol–water partition coefficient (Wildman–Crippen LogP) is 4.40. The van der Waals surface area contributed by atoms with Gasteiger partial charge in [-0.3, -0.25) is 4.98 Å². The number of hydrogen-bond acceptors (Lipinski definition) is 4. The lowest BCUT2D eigenvalue weighted by Crippen LogP contribution is -2.12. The van der Waals surface area contributed by atoms with Crippen LogP contribution in [0.25, 0.3) is 11.0 Å². The summed E-state index contributed by atoms with van der Waals surface area (Å²) >= 11 is 0. The third-order valence-electron chi connectivity index (χ3n) is 3.92. The summed E-state index contributed by atoms with van der Waals surface area (Å²) in [6.45, 7) is 6.63. The molecule has 1 aromatic heterocycles. The number of nitrogens with zero attached hydrogens (tertiary/aromatic N) is 4. The summed E-state index contributed by atoms with van der Waals surface area (Å²) in [4.78, 5) is 9.00. The van der Waals surface area contributed by atoms with Crippen molar-refractivity contribution in [2.24, 2.45) is 5.10 Å². The van der Waals surface area contributed by atoms with E-state index in [-0.39, 0.29) is 5.41 Å². The van der Waals surface area contributed by atoms with Gasteiger partial charge in [-0.1, -0.05) is 57.2 Å². The lowest BCUT2D eigenvalue weighted by atomic mass is 9.87. The van der Waals surface area contributed by atoms with E-state index in [9.17, 15) is 0 Å². The number of benzene rings is 2. The second-order valence-corrected chi connectivity index (χ2v) is 6.86. The molecule has 0 saturated heterocycles. The van der Waals surface area contributed by atoms with Crippen molar-refractivity contribution in [2.45, 2.75) is 26.2 Å². The largest absolute Gasteiger partial charge is 0.251 e. The molecule has 0 saturated carbocycles. The zero-order valence-electron chi connectivity index (χ0n) is 14.6. The molecule has 0 aliphatic heterocycles. The Morgan fingerprint density at radius 1 is 0.958 bits per heavy atom. The number of fused-ring (bicyclic) bond motifs is 1. The van der Waals surface area contributed by atoms with Gasteiger partial charge in [0.05, 0.1) is 23.4 Å². The van der Waals surface area contributed by atoms with Crippen LogP contribution in [0.2, 0.25) is 0 Å². The Labute approximate surface area is 142 Å². The zero-order chi connectivity index (χ0) is 17.2. The summed E-state index contributed by atoms with van der Waals surface area (Å²) in [7, 11) is 1.87. The van der Waals surface area contributed by atoms with E-state index in [1.807, 2.05) is 37.5 Å². The Kier molecular flexibility index (Phi) is 4.30. The predicted molar refractivity (Wildman–Crippen MR) is 101 cm³/mol. The van der Waals surface area contributed by atoms with E-state index in [2.05, 4.69) is 60.1 Å². The van der Waals surface area contributed by atoms with Crippen molar-refractivity contribution < 1.29 is 0 Å². The van der Waals surface area contributed by atoms with Crippen LogP contribution in [0.4, 0.5) is 5.82 Å². The van der Waals surface area contributed by atoms with Crippen molar-refractivity contribution >= 4 is 23.1 Å². The van der Waals surface area contributed by atoms with Crippen molar-refractivity contribution in [1.82, 2.24) is 9.97 Å². The lowest BCUT2D eigenvalue weighted by Gasteiger charge is -2.18. The quantitative estimate of drug-likeness (QED) is 0.531. The fourth-order valence-corrected chi connectivity index (χ4v) is 2.38. The van der Waals surface area contributed by atoms with Gasteiger partial charge in [0.2, 0.25) is 0 Å². The van der Waals surface area contributed by atoms with Crippen molar-refractivity contribution in [3.05, 3.63) is 65.9 Å². The molecular formula is C20H22N4. The molecule has 0 bridgehead atoms. The maximum Gasteiger partial charge on any atom is 0.167 e. The molecular weight excluding hydrogens is 296 g/mol. The van der Waals surface area contributed by atoms with E-state index in [1.165, 1.54) is 5.56 Å². The van der Waals surface area contributed by atoms with E-state index >= 15 is 0 Å². The van der Waals surface area contributed by atoms with Crippen molar-refractivity contribution in [3.8, 4) is 0 Å². The Morgan fingerprint density at radius 3 is 2.29 bits per heavy atom. The van der Waals surface area contributed by atoms with Gasteiger partial charge in [0.1, 0.15) is 0 Å². The fraction of sp³-hybridized carbons (Fsp3) is 0.250. The van der Waals surface area contributed by atoms with E-state index in [4.69, 9.17) is 0 Å². The van der Waals surface area contributed by atoms with Gasteiger partial charge in [-0.15, -0.1) is 0 Å². The van der Waals surface area contributed by atoms with Gasteiger partial charge >= 0.3 is 0 Å². The van der Waals surface area contributed by atoms with Crippen LogP contribution in [0.3, 0.4) is 0 Å². The third kappa shape index (κ3) is 3.59. The highest BCUT2D eigenvalue weighted by Crippen LogP contribution is 2.22. The minimum absolute atomic E-state index is 0.160. The standard InChI is InChI=1S/C20H22N4/c1-20(2,3)16-11-9-15(10-12-16)13-22-24(4)19-14-21-17-7-5-6-8-18(17)23-19/h5-14H,1-4H3/b22-13-. The van der Waals surface area contributed by atoms with Crippen LogP contribution >= 0.6 is 0 Å². The maximum absolute atomic E-state index is 4.58. The monoisotopic (exact) mass is 318 g/mol. The molecule has 0 N–H and O–H groups in total. The van der Waals surface area contributed by atoms with E-state index in [0.717, 1.165) is 22.4 Å². The summed E-state index contributed by atoms with van der Waals surface area (Å²) in [5, 5.41) is 6.20. The van der Waals surface area contributed by atoms with Crippen molar-refractivity contribution in [2.75, 3.05) is 12.1 Å². The number of aromatic nitrogens is 2. The second kappa shape index (κ2) is 6.40. The molecule has 0 radical (unpaired) electrons. The van der Waals surface area contributed by atoms with Gasteiger partial charge in [0.15, 0.2) is 5.82 Å². The van der Waals surface area contributed by atoms with E-state index < -0.39 is 0 Å². The first-order valence-electron chi connectivity index (χ1n) is 8.03. The maximum atomic E-state index is 4.58. The van der Waals surface area contributed by atoms with Crippen LogP contribution in [0.5, 0.6) is 0 Å². The normalized spacial score (nSPS) is 12.0. The molecule has 1 heterocycles. The number of hydrazone groups is 1. The molecule has 0 fully saturated rings. The molecule has 4 heteroatoms. The van der Waals surface area contributed by atoms with Crippen LogP contribution < -0.4 is 5.01 Å². The van der Waals surface area contributed by atoms with E-state index in [0.29, 0.717) is 0 Å². The highest BCUT2D eigenvalue weighted by atomic mass is 15.5. The summed E-state index contributed by atoms with van der Waals surface area (Å²) in [6.07, 6.45) is 3.58. The smallest absolute Gasteiger partial charge is 0.167 e. The summed E-state index contributed by atoms with van der Waals surface area (Å²) < 4.78 is 0. The third-order valence-corrected chi connectivity index (χ3v) is 3.92. The zero-order valence-corrected chi connectivity index (χ0v) is 14.6. The van der Waals surface area contributed by atoms with Crippen LogP contribution in [-0.4, -0.2) is 23.2 Å². The molecule has 3 aromatic rings. The van der Waals surface area contributed by atoms with Crippen LogP contribution in [-0.2, 0) is 5.41 Å². The minimum atomic E-state index is 0.160. The number of para-hydroxylation sites is 2. The van der Waals surface area contributed by atoms with Crippen LogP contribution in [0.1, 0.15) is 31.9 Å². The number of anilines is 1. The molecule has 3 rings (SSSR count). The first-order valence-corrected chi connectivity index (χ1v) is 8.03. The van der Waals surface area contributed by atoms with Gasteiger partial charge in [-0.2, -0.15) is 5.10 Å². The van der Waals surface area contributed by atoms with Crippen LogP contribution in [0.15, 0.2) is 59.8 Å². The highest BCUT2D eigenvalue weighted by molar-refractivity contribution is 5.80. The molecule has 0 atom stereocenters. The Morgan fingerprint density at radius 2 is 1.62 bits per heavy atom. The van der Waals surface area contributed by atoms with Crippen molar-refractivity contribution in [3.63, 3.8) is 0 Å². The molecule has 0 amide bonds. The molecule has 0 unspecified atom stereocenters. The molecule has 2 aromatic carbocycles. The van der Waals surface area contributed by atoms with Crippen molar-refractivity contribution in [1.29, 1.82) is 0 Å². The highest BCUT2D eigenvalue weighted by Gasteiger charge is 2.12. The average molecular weight is 318 g/mol.